The lowest BCUT2D eigenvalue weighted by Gasteiger charge is -2.41. The molecule has 2 atom stereocenters. The fraction of sp³-hybridized carbons (Fsp3) is 0.500. The first kappa shape index (κ1) is 27.6. The molecule has 1 aromatic heterocycles. The molecule has 2 aromatic rings. The van der Waals surface area contributed by atoms with Crippen LogP contribution in [-0.2, 0) is 19.7 Å². The van der Waals surface area contributed by atoms with Gasteiger partial charge in [0.05, 0.1) is 0 Å². The van der Waals surface area contributed by atoms with Gasteiger partial charge in [-0.3, -0.25) is 9.59 Å². The Morgan fingerprint density at radius 1 is 1.11 bits per heavy atom. The van der Waals surface area contributed by atoms with Crippen molar-refractivity contribution in [1.82, 2.24) is 9.88 Å². The van der Waals surface area contributed by atoms with E-state index in [1.165, 1.54) is 22.3 Å². The van der Waals surface area contributed by atoms with Crippen LogP contribution in [0.5, 0.6) is 0 Å². The average Bonchev–Trinajstić information content (AvgIpc) is 3.37. The van der Waals surface area contributed by atoms with Gasteiger partial charge in [0.1, 0.15) is 16.7 Å². The van der Waals surface area contributed by atoms with E-state index in [0.29, 0.717) is 10.6 Å². The van der Waals surface area contributed by atoms with Gasteiger partial charge in [0, 0.05) is 22.7 Å². The molecule has 0 radical (unpaired) electrons. The molecule has 0 saturated carbocycles. The number of aromatic nitrogens is 1. The second-order valence-electron chi connectivity index (χ2n) is 11.8. The van der Waals surface area contributed by atoms with Crippen LogP contribution in [0.3, 0.4) is 0 Å². The van der Waals surface area contributed by atoms with Gasteiger partial charge in [0.25, 0.3) is 5.91 Å². The SMILES string of the molecule is CC(C)C[C@@]1(C(=O)OC(C)(C)C)C=C(C(N)=O)[C@H](c2nccs2)N1C(=O)c1ccc(C(C)(C)C)cc1. The lowest BCUT2D eigenvalue weighted by atomic mass is 9.85. The van der Waals surface area contributed by atoms with Gasteiger partial charge in [-0.25, -0.2) is 9.78 Å². The van der Waals surface area contributed by atoms with Crippen molar-refractivity contribution in [3.8, 4) is 0 Å². The molecule has 0 saturated heterocycles. The number of benzene rings is 1. The Morgan fingerprint density at radius 3 is 2.17 bits per heavy atom. The van der Waals surface area contributed by atoms with Crippen LogP contribution in [0, 0.1) is 5.92 Å². The number of carbonyl (C=O) groups is 3. The monoisotopic (exact) mass is 511 g/mol. The highest BCUT2D eigenvalue weighted by Gasteiger charge is 2.57. The van der Waals surface area contributed by atoms with Crippen molar-refractivity contribution in [2.45, 2.75) is 84.4 Å². The molecule has 0 unspecified atom stereocenters. The molecule has 0 spiro atoms. The molecule has 1 aliphatic rings. The van der Waals surface area contributed by atoms with Crippen molar-refractivity contribution in [3.63, 3.8) is 0 Å². The van der Waals surface area contributed by atoms with Gasteiger partial charge >= 0.3 is 5.97 Å². The molecule has 2 heterocycles. The number of thiazole rings is 1. The van der Waals surface area contributed by atoms with Crippen molar-refractivity contribution in [3.05, 3.63) is 63.6 Å². The maximum atomic E-state index is 14.3. The molecule has 8 heteroatoms. The summed E-state index contributed by atoms with van der Waals surface area (Å²) in [7, 11) is 0. The Bertz CT molecular complexity index is 1150. The first-order valence-electron chi connectivity index (χ1n) is 12.2. The molecule has 7 nitrogen and oxygen atoms in total. The van der Waals surface area contributed by atoms with Gasteiger partial charge in [-0.1, -0.05) is 46.8 Å². The third-order valence-electron chi connectivity index (χ3n) is 6.04. The second-order valence-corrected chi connectivity index (χ2v) is 12.7. The van der Waals surface area contributed by atoms with Gasteiger partial charge < -0.3 is 15.4 Å². The summed E-state index contributed by atoms with van der Waals surface area (Å²) in [5.41, 5.74) is 5.05. The Kier molecular flexibility index (Phi) is 7.51. The summed E-state index contributed by atoms with van der Waals surface area (Å²) >= 11 is 1.30. The minimum atomic E-state index is -1.53. The quantitative estimate of drug-likeness (QED) is 0.539. The van der Waals surface area contributed by atoms with E-state index in [2.05, 4.69) is 25.8 Å². The number of hydrogen-bond acceptors (Lipinski definition) is 6. The largest absolute Gasteiger partial charge is 0.458 e. The summed E-state index contributed by atoms with van der Waals surface area (Å²) in [6, 6.07) is 6.46. The van der Waals surface area contributed by atoms with E-state index in [1.807, 2.05) is 26.0 Å². The number of amides is 2. The summed E-state index contributed by atoms with van der Waals surface area (Å²) in [5, 5.41) is 2.28. The zero-order chi connectivity index (χ0) is 27.1. The first-order valence-corrected chi connectivity index (χ1v) is 13.0. The number of esters is 1. The summed E-state index contributed by atoms with van der Waals surface area (Å²) in [6.07, 6.45) is 3.40. The van der Waals surface area contributed by atoms with E-state index in [9.17, 15) is 14.4 Å². The van der Waals surface area contributed by atoms with E-state index in [-0.39, 0.29) is 23.3 Å². The Hall–Kier alpha value is -3.00. The number of carbonyl (C=O) groups excluding carboxylic acids is 3. The maximum absolute atomic E-state index is 14.3. The van der Waals surface area contributed by atoms with E-state index >= 15 is 0 Å². The molecule has 0 bridgehead atoms. The fourth-order valence-corrected chi connectivity index (χ4v) is 5.28. The Labute approximate surface area is 217 Å². The van der Waals surface area contributed by atoms with Crippen LogP contribution in [0.15, 0.2) is 47.5 Å². The number of nitrogens with two attached hydrogens (primary N) is 1. The summed E-state index contributed by atoms with van der Waals surface area (Å²) in [5.74, 6) is -1.70. The number of nitrogens with zero attached hydrogens (tertiary/aromatic N) is 2. The molecule has 3 rings (SSSR count). The maximum Gasteiger partial charge on any atom is 0.336 e. The van der Waals surface area contributed by atoms with Crippen molar-refractivity contribution >= 4 is 29.1 Å². The molecule has 2 amide bonds. The third-order valence-corrected chi connectivity index (χ3v) is 6.86. The van der Waals surface area contributed by atoms with Gasteiger partial charge in [-0.05, 0) is 62.3 Å². The molecular formula is C28H37N3O4S. The van der Waals surface area contributed by atoms with Crippen molar-refractivity contribution in [1.29, 1.82) is 0 Å². The average molecular weight is 512 g/mol. The van der Waals surface area contributed by atoms with Crippen LogP contribution in [0.25, 0.3) is 0 Å². The van der Waals surface area contributed by atoms with Crippen LogP contribution < -0.4 is 5.73 Å². The highest BCUT2D eigenvalue weighted by Crippen LogP contribution is 2.47. The highest BCUT2D eigenvalue weighted by molar-refractivity contribution is 7.09. The third kappa shape index (κ3) is 5.53. The molecule has 1 aromatic carbocycles. The minimum absolute atomic E-state index is 0.00323. The topological polar surface area (TPSA) is 103 Å². The van der Waals surface area contributed by atoms with Crippen LogP contribution in [-0.4, -0.2) is 38.8 Å². The Morgan fingerprint density at radius 2 is 1.72 bits per heavy atom. The van der Waals surface area contributed by atoms with Crippen LogP contribution >= 0.6 is 11.3 Å². The van der Waals surface area contributed by atoms with Crippen LogP contribution in [0.2, 0.25) is 0 Å². The van der Waals surface area contributed by atoms with Gasteiger partial charge in [0.2, 0.25) is 5.91 Å². The summed E-state index contributed by atoms with van der Waals surface area (Å²) < 4.78 is 5.85. The lowest BCUT2D eigenvalue weighted by Crippen LogP contribution is -2.56. The molecule has 36 heavy (non-hydrogen) atoms. The molecule has 0 aliphatic carbocycles. The van der Waals surface area contributed by atoms with E-state index in [1.54, 1.807) is 44.5 Å². The zero-order valence-corrected chi connectivity index (χ0v) is 23.2. The van der Waals surface area contributed by atoms with Crippen LogP contribution in [0.4, 0.5) is 0 Å². The van der Waals surface area contributed by atoms with Crippen LogP contribution in [0.1, 0.15) is 88.8 Å². The van der Waals surface area contributed by atoms with Gasteiger partial charge in [-0.15, -0.1) is 11.3 Å². The Balaban J connectivity index is 2.25. The number of ether oxygens (including phenoxy) is 1. The van der Waals surface area contributed by atoms with Gasteiger partial charge in [-0.2, -0.15) is 0 Å². The molecule has 194 valence electrons. The summed E-state index contributed by atoms with van der Waals surface area (Å²) in [6.45, 7) is 15.5. The second kappa shape index (κ2) is 9.81. The lowest BCUT2D eigenvalue weighted by molar-refractivity contribution is -0.166. The highest BCUT2D eigenvalue weighted by atomic mass is 32.1. The predicted molar refractivity (Wildman–Crippen MR) is 141 cm³/mol. The normalized spacial score (nSPS) is 20.4. The van der Waals surface area contributed by atoms with E-state index in [0.717, 1.165) is 5.56 Å². The van der Waals surface area contributed by atoms with Gasteiger partial charge in [0.15, 0.2) is 5.54 Å². The van der Waals surface area contributed by atoms with E-state index in [4.69, 9.17) is 10.5 Å². The van der Waals surface area contributed by atoms with Crippen molar-refractivity contribution in [2.75, 3.05) is 0 Å². The smallest absolute Gasteiger partial charge is 0.336 e. The number of primary amides is 1. The molecule has 0 fully saturated rings. The number of hydrogen-bond donors (Lipinski definition) is 1. The molecule has 1 aliphatic heterocycles. The van der Waals surface area contributed by atoms with E-state index < -0.39 is 35.0 Å². The molecular weight excluding hydrogens is 474 g/mol. The predicted octanol–water partition coefficient (Wildman–Crippen LogP) is 5.18. The fourth-order valence-electron chi connectivity index (χ4n) is 4.53. The standard InChI is InChI=1S/C28H37N3O4S/c1-17(2)15-28(25(34)35-27(6,7)8)16-20(22(29)32)21(23-30-13-14-36-23)31(28)24(33)18-9-11-19(12-10-18)26(3,4)5/h9-14,16-17,21H,15H2,1-8H3,(H2,29,32)/t21-,28+/m1/s1. The molecule has 2 N–H and O–H groups in total. The zero-order valence-electron chi connectivity index (χ0n) is 22.4. The van der Waals surface area contributed by atoms with Crippen molar-refractivity contribution in [2.24, 2.45) is 11.7 Å². The van der Waals surface area contributed by atoms with Crippen molar-refractivity contribution < 1.29 is 19.1 Å². The first-order chi connectivity index (χ1) is 16.6. The summed E-state index contributed by atoms with van der Waals surface area (Å²) in [4.78, 5) is 46.7. The number of rotatable bonds is 6. The minimum Gasteiger partial charge on any atom is -0.458 e.